The van der Waals surface area contributed by atoms with E-state index in [1.54, 1.807) is 16.1 Å². The van der Waals surface area contributed by atoms with Crippen LogP contribution in [0.2, 0.25) is 0 Å². The van der Waals surface area contributed by atoms with Crippen molar-refractivity contribution in [2.75, 3.05) is 40.9 Å². The van der Waals surface area contributed by atoms with Crippen LogP contribution in [0, 0.1) is 6.57 Å². The summed E-state index contributed by atoms with van der Waals surface area (Å²) in [5.74, 6) is 1.29. The molecule has 162 valence electrons. The van der Waals surface area contributed by atoms with Crippen molar-refractivity contribution in [1.82, 2.24) is 19.7 Å². The molecule has 4 heterocycles. The largest absolute Gasteiger partial charge is 0.356 e. The first kappa shape index (κ1) is 20.0. The van der Waals surface area contributed by atoms with Gasteiger partial charge in [-0.15, -0.1) is 10.2 Å². The van der Waals surface area contributed by atoms with E-state index in [0.29, 0.717) is 30.4 Å². The van der Waals surface area contributed by atoms with Gasteiger partial charge in [0.1, 0.15) is 17.8 Å². The highest BCUT2D eigenvalue weighted by atomic mass is 16.2. The lowest BCUT2D eigenvalue weighted by Gasteiger charge is -2.33. The number of nitrogens with zero attached hydrogens (tertiary/aromatic N) is 8. The first-order valence-electron chi connectivity index (χ1n) is 10.7. The summed E-state index contributed by atoms with van der Waals surface area (Å²) in [4.78, 5) is 27.1. The van der Waals surface area contributed by atoms with E-state index in [-0.39, 0.29) is 18.1 Å². The van der Waals surface area contributed by atoms with E-state index in [1.165, 1.54) is 0 Å². The summed E-state index contributed by atoms with van der Waals surface area (Å²) < 4.78 is 1.96. The molecule has 2 amide bonds. The number of amides is 2. The maximum absolute atomic E-state index is 13.2. The summed E-state index contributed by atoms with van der Waals surface area (Å²) in [6, 6.07) is 13.8. The lowest BCUT2D eigenvalue weighted by molar-refractivity contribution is 0.255. The predicted molar refractivity (Wildman–Crippen MR) is 123 cm³/mol. The number of anilines is 3. The van der Waals surface area contributed by atoms with Crippen molar-refractivity contribution in [3.63, 3.8) is 0 Å². The molecule has 9 heteroatoms. The van der Waals surface area contributed by atoms with E-state index in [0.717, 1.165) is 24.5 Å². The SMILES string of the molecule is [C-]#[N+]C1CN(c2ccc(N3CCN(c4cccc(-c5nncn5C(C)C)n4)C3=O)cc2)C1. The van der Waals surface area contributed by atoms with Crippen molar-refractivity contribution in [2.45, 2.75) is 25.9 Å². The Kier molecular flexibility index (Phi) is 4.98. The van der Waals surface area contributed by atoms with Crippen molar-refractivity contribution in [3.8, 4) is 11.5 Å². The average Bonchev–Trinajstić information content (AvgIpc) is 3.41. The van der Waals surface area contributed by atoms with Crippen molar-refractivity contribution >= 4 is 23.2 Å². The third-order valence-electron chi connectivity index (χ3n) is 5.95. The molecule has 9 nitrogen and oxygen atoms in total. The summed E-state index contributed by atoms with van der Waals surface area (Å²) in [5, 5.41) is 8.24. The average molecular weight is 429 g/mol. The molecular formula is C23H24N8O. The van der Waals surface area contributed by atoms with Crippen LogP contribution in [0.25, 0.3) is 16.4 Å². The fraction of sp³-hybridized carbons (Fsp3) is 0.348. The Balaban J connectivity index is 1.33. The number of pyridine rings is 1. The molecule has 2 fully saturated rings. The molecule has 3 aromatic rings. The molecule has 0 aliphatic carbocycles. The topological polar surface area (TPSA) is 74.8 Å². The maximum Gasteiger partial charge on any atom is 0.330 e. The zero-order valence-corrected chi connectivity index (χ0v) is 18.1. The van der Waals surface area contributed by atoms with E-state index in [9.17, 15) is 4.79 Å². The van der Waals surface area contributed by atoms with Gasteiger partial charge in [0.2, 0.25) is 0 Å². The van der Waals surface area contributed by atoms with Crippen LogP contribution in [0.3, 0.4) is 0 Å². The van der Waals surface area contributed by atoms with E-state index in [2.05, 4.69) is 33.8 Å². The molecule has 2 aliphatic heterocycles. The lowest BCUT2D eigenvalue weighted by atomic mass is 10.1. The molecule has 2 aliphatic rings. The molecule has 32 heavy (non-hydrogen) atoms. The Morgan fingerprint density at radius 3 is 2.47 bits per heavy atom. The highest BCUT2D eigenvalue weighted by Crippen LogP contribution is 2.29. The number of carbonyl (C=O) groups is 1. The zero-order valence-electron chi connectivity index (χ0n) is 18.1. The number of carbonyl (C=O) groups excluding carboxylic acids is 1. The molecule has 0 radical (unpaired) electrons. The molecule has 0 saturated carbocycles. The van der Waals surface area contributed by atoms with Crippen LogP contribution >= 0.6 is 0 Å². The minimum absolute atomic E-state index is 0.0928. The van der Waals surface area contributed by atoms with Gasteiger partial charge in [0.05, 0.1) is 13.1 Å². The van der Waals surface area contributed by atoms with Crippen LogP contribution in [-0.2, 0) is 0 Å². The van der Waals surface area contributed by atoms with Gasteiger partial charge in [0.15, 0.2) is 5.82 Å². The van der Waals surface area contributed by atoms with Crippen molar-refractivity contribution in [1.29, 1.82) is 0 Å². The lowest BCUT2D eigenvalue weighted by Crippen LogP contribution is -2.49. The van der Waals surface area contributed by atoms with Crippen LogP contribution in [0.5, 0.6) is 0 Å². The van der Waals surface area contributed by atoms with Gasteiger partial charge >= 0.3 is 6.03 Å². The molecule has 5 rings (SSSR count). The molecule has 2 aromatic heterocycles. The van der Waals surface area contributed by atoms with Gasteiger partial charge in [-0.3, -0.25) is 9.80 Å². The Morgan fingerprint density at radius 2 is 1.75 bits per heavy atom. The van der Waals surface area contributed by atoms with Gasteiger partial charge in [0, 0.05) is 30.5 Å². The summed E-state index contributed by atoms with van der Waals surface area (Å²) in [6.07, 6.45) is 1.70. The van der Waals surface area contributed by atoms with Crippen LogP contribution < -0.4 is 14.7 Å². The first-order valence-corrected chi connectivity index (χ1v) is 10.7. The maximum atomic E-state index is 13.2. The Hall–Kier alpha value is -3.93. The number of hydrogen-bond acceptors (Lipinski definition) is 5. The van der Waals surface area contributed by atoms with Crippen molar-refractivity contribution in [2.24, 2.45) is 0 Å². The summed E-state index contributed by atoms with van der Waals surface area (Å²) in [6.45, 7) is 13.9. The van der Waals surface area contributed by atoms with Gasteiger partial charge < -0.3 is 14.3 Å². The quantitative estimate of drug-likeness (QED) is 0.582. The molecule has 0 spiro atoms. The van der Waals surface area contributed by atoms with Gasteiger partial charge in [-0.05, 0) is 50.2 Å². The molecule has 1 aromatic carbocycles. The Labute approximate surface area is 186 Å². The van der Waals surface area contributed by atoms with Crippen LogP contribution in [0.15, 0.2) is 48.8 Å². The van der Waals surface area contributed by atoms with Crippen molar-refractivity contribution in [3.05, 3.63) is 60.2 Å². The van der Waals surface area contributed by atoms with Crippen LogP contribution in [-0.4, -0.2) is 58.0 Å². The normalized spacial score (nSPS) is 16.6. The second-order valence-corrected chi connectivity index (χ2v) is 8.33. The highest BCUT2D eigenvalue weighted by Gasteiger charge is 2.33. The number of rotatable bonds is 5. The van der Waals surface area contributed by atoms with Gasteiger partial charge in [0.25, 0.3) is 6.04 Å². The second-order valence-electron chi connectivity index (χ2n) is 8.33. The second kappa shape index (κ2) is 7.96. The molecular weight excluding hydrogens is 404 g/mol. The minimum atomic E-state index is -0.0928. The van der Waals surface area contributed by atoms with Crippen LogP contribution in [0.4, 0.5) is 22.0 Å². The molecule has 0 N–H and O–H groups in total. The van der Waals surface area contributed by atoms with Crippen LogP contribution in [0.1, 0.15) is 19.9 Å². The Bertz CT molecular complexity index is 1170. The summed E-state index contributed by atoms with van der Waals surface area (Å²) in [5.41, 5.74) is 2.64. The number of aromatic nitrogens is 4. The fourth-order valence-corrected chi connectivity index (χ4v) is 4.08. The molecule has 0 bridgehead atoms. The number of benzene rings is 1. The minimum Gasteiger partial charge on any atom is -0.356 e. The van der Waals surface area contributed by atoms with Gasteiger partial charge in [-0.1, -0.05) is 6.07 Å². The smallest absolute Gasteiger partial charge is 0.330 e. The summed E-state index contributed by atoms with van der Waals surface area (Å²) in [7, 11) is 0. The standard InChI is InChI=1S/C23H24N8O/c1-16(2)31-15-25-27-22(31)20-5-4-6-21(26-20)30-12-11-29(23(30)32)19-9-7-18(8-10-19)28-13-17(14-28)24-3/h4-10,15-17H,11-14H2,1-2H3. The Morgan fingerprint density at radius 1 is 1.03 bits per heavy atom. The molecule has 2 saturated heterocycles. The molecule has 0 unspecified atom stereocenters. The van der Waals surface area contributed by atoms with Crippen molar-refractivity contribution < 1.29 is 4.79 Å². The predicted octanol–water partition coefficient (Wildman–Crippen LogP) is 3.48. The monoisotopic (exact) mass is 428 g/mol. The van der Waals surface area contributed by atoms with Gasteiger partial charge in [-0.2, -0.15) is 0 Å². The van der Waals surface area contributed by atoms with Gasteiger partial charge in [-0.25, -0.2) is 16.4 Å². The van der Waals surface area contributed by atoms with E-state index < -0.39 is 0 Å². The number of hydrogen-bond donors (Lipinski definition) is 0. The zero-order chi connectivity index (χ0) is 22.2. The fourth-order valence-electron chi connectivity index (χ4n) is 4.08. The van der Waals surface area contributed by atoms with E-state index in [4.69, 9.17) is 11.6 Å². The summed E-state index contributed by atoms with van der Waals surface area (Å²) >= 11 is 0. The van der Waals surface area contributed by atoms with E-state index >= 15 is 0 Å². The molecule has 0 atom stereocenters. The van der Waals surface area contributed by atoms with E-state index in [1.807, 2.05) is 47.0 Å². The highest BCUT2D eigenvalue weighted by molar-refractivity contribution is 6.05. The first-order chi connectivity index (χ1) is 15.5. The third-order valence-corrected chi connectivity index (χ3v) is 5.95. The third kappa shape index (κ3) is 3.43. The number of urea groups is 1.